The van der Waals surface area contributed by atoms with E-state index in [1.54, 1.807) is 0 Å². The first-order chi connectivity index (χ1) is 7.65. The standard InChI is InChI=1S/C9H4BrCl2N3S/c10-5-1-3-6(4-2-5)16-8-7(11)14-15-9(12)13-8/h1-4H. The average Bonchev–Trinajstić information content (AvgIpc) is 2.27. The number of benzene rings is 1. The summed E-state index contributed by atoms with van der Waals surface area (Å²) >= 11 is 16.2. The van der Waals surface area contributed by atoms with Crippen molar-refractivity contribution in [2.75, 3.05) is 0 Å². The van der Waals surface area contributed by atoms with Crippen LogP contribution in [0.15, 0.2) is 38.7 Å². The van der Waals surface area contributed by atoms with E-state index in [0.29, 0.717) is 5.03 Å². The quantitative estimate of drug-likeness (QED) is 0.827. The van der Waals surface area contributed by atoms with E-state index in [-0.39, 0.29) is 10.4 Å². The summed E-state index contributed by atoms with van der Waals surface area (Å²) < 4.78 is 1.02. The maximum absolute atomic E-state index is 5.85. The Morgan fingerprint density at radius 1 is 1.06 bits per heavy atom. The maximum atomic E-state index is 5.85. The van der Waals surface area contributed by atoms with Crippen molar-refractivity contribution in [3.05, 3.63) is 39.2 Å². The molecule has 0 amide bonds. The molecular weight excluding hydrogens is 333 g/mol. The number of hydrogen-bond donors (Lipinski definition) is 0. The van der Waals surface area contributed by atoms with Crippen LogP contribution in [0.5, 0.6) is 0 Å². The van der Waals surface area contributed by atoms with E-state index in [1.807, 2.05) is 24.3 Å². The second-order valence-corrected chi connectivity index (χ2v) is 5.41. The zero-order chi connectivity index (χ0) is 11.5. The van der Waals surface area contributed by atoms with Crippen molar-refractivity contribution in [2.24, 2.45) is 0 Å². The lowest BCUT2D eigenvalue weighted by molar-refractivity contribution is 0.904. The Balaban J connectivity index is 2.26. The van der Waals surface area contributed by atoms with Gasteiger partial charge >= 0.3 is 0 Å². The zero-order valence-corrected chi connectivity index (χ0v) is 11.6. The molecule has 0 spiro atoms. The molecule has 1 heterocycles. The molecule has 0 bridgehead atoms. The summed E-state index contributed by atoms with van der Waals surface area (Å²) in [6.45, 7) is 0. The molecular formula is C9H4BrCl2N3S. The predicted molar refractivity (Wildman–Crippen MR) is 68.1 cm³/mol. The van der Waals surface area contributed by atoms with E-state index in [0.717, 1.165) is 9.37 Å². The van der Waals surface area contributed by atoms with E-state index in [1.165, 1.54) is 11.8 Å². The molecule has 3 nitrogen and oxygen atoms in total. The lowest BCUT2D eigenvalue weighted by Crippen LogP contribution is -1.91. The molecule has 0 aliphatic heterocycles. The van der Waals surface area contributed by atoms with Crippen LogP contribution < -0.4 is 0 Å². The molecule has 0 aliphatic rings. The molecule has 0 radical (unpaired) electrons. The largest absolute Gasteiger partial charge is 0.244 e. The van der Waals surface area contributed by atoms with Crippen LogP contribution in [0.3, 0.4) is 0 Å². The van der Waals surface area contributed by atoms with Crippen LogP contribution in [0, 0.1) is 0 Å². The summed E-state index contributed by atoms with van der Waals surface area (Å²) in [5.74, 6) is 0. The van der Waals surface area contributed by atoms with Gasteiger partial charge in [0.15, 0.2) is 5.15 Å². The Bertz CT molecular complexity index is 507. The number of rotatable bonds is 2. The number of hydrogen-bond acceptors (Lipinski definition) is 4. The molecule has 0 unspecified atom stereocenters. The fraction of sp³-hybridized carbons (Fsp3) is 0. The summed E-state index contributed by atoms with van der Waals surface area (Å²) in [4.78, 5) is 5.00. The Labute approximate surface area is 115 Å². The van der Waals surface area contributed by atoms with Gasteiger partial charge in [0.1, 0.15) is 5.03 Å². The SMILES string of the molecule is Clc1nnc(Cl)c(Sc2ccc(Br)cc2)n1. The van der Waals surface area contributed by atoms with Gasteiger partial charge in [-0.3, -0.25) is 0 Å². The highest BCUT2D eigenvalue weighted by molar-refractivity contribution is 9.10. The fourth-order valence-electron chi connectivity index (χ4n) is 0.959. The minimum Gasteiger partial charge on any atom is -0.206 e. The van der Waals surface area contributed by atoms with Crippen LogP contribution in [0.1, 0.15) is 0 Å². The summed E-state index contributed by atoms with van der Waals surface area (Å²) in [5.41, 5.74) is 0. The fourth-order valence-corrected chi connectivity index (χ4v) is 2.34. The second-order valence-electron chi connectivity index (χ2n) is 2.73. The predicted octanol–water partition coefficient (Wildman–Crippen LogP) is 4.09. The van der Waals surface area contributed by atoms with Crippen LogP contribution >= 0.6 is 50.9 Å². The van der Waals surface area contributed by atoms with E-state index >= 15 is 0 Å². The molecule has 2 rings (SSSR count). The molecule has 0 atom stereocenters. The third-order valence-corrected chi connectivity index (χ3v) is 3.66. The van der Waals surface area contributed by atoms with Gasteiger partial charge < -0.3 is 0 Å². The van der Waals surface area contributed by atoms with E-state index < -0.39 is 0 Å². The first-order valence-electron chi connectivity index (χ1n) is 4.14. The van der Waals surface area contributed by atoms with E-state index in [9.17, 15) is 0 Å². The van der Waals surface area contributed by atoms with Crippen LogP contribution in [0.25, 0.3) is 0 Å². The Kier molecular flexibility index (Phi) is 4.02. The van der Waals surface area contributed by atoms with Gasteiger partial charge in [-0.05, 0) is 35.9 Å². The van der Waals surface area contributed by atoms with Gasteiger partial charge in [-0.15, -0.1) is 10.2 Å². The van der Waals surface area contributed by atoms with E-state index in [2.05, 4.69) is 31.1 Å². The van der Waals surface area contributed by atoms with E-state index in [4.69, 9.17) is 23.2 Å². The van der Waals surface area contributed by atoms with Gasteiger partial charge in [0.25, 0.3) is 0 Å². The van der Waals surface area contributed by atoms with Crippen molar-refractivity contribution in [1.29, 1.82) is 0 Å². The summed E-state index contributed by atoms with van der Waals surface area (Å²) in [7, 11) is 0. The van der Waals surface area contributed by atoms with Gasteiger partial charge in [0.2, 0.25) is 5.28 Å². The molecule has 0 saturated carbocycles. The van der Waals surface area contributed by atoms with Gasteiger partial charge in [-0.2, -0.15) is 0 Å². The van der Waals surface area contributed by atoms with Crippen molar-refractivity contribution in [2.45, 2.75) is 9.92 Å². The molecule has 7 heteroatoms. The van der Waals surface area contributed by atoms with Gasteiger partial charge in [0.05, 0.1) is 0 Å². The molecule has 0 saturated heterocycles. The van der Waals surface area contributed by atoms with Gasteiger partial charge in [-0.25, -0.2) is 4.98 Å². The Morgan fingerprint density at radius 3 is 2.44 bits per heavy atom. The van der Waals surface area contributed by atoms with Gasteiger partial charge in [-0.1, -0.05) is 39.3 Å². The lowest BCUT2D eigenvalue weighted by atomic mass is 10.4. The van der Waals surface area contributed by atoms with Crippen molar-refractivity contribution >= 4 is 50.9 Å². The molecule has 1 aromatic heterocycles. The highest BCUT2D eigenvalue weighted by Crippen LogP contribution is 2.31. The minimum absolute atomic E-state index is 0.0870. The summed E-state index contributed by atoms with van der Waals surface area (Å²) in [5, 5.41) is 8.11. The summed E-state index contributed by atoms with van der Waals surface area (Å²) in [6, 6.07) is 7.76. The third-order valence-electron chi connectivity index (χ3n) is 1.62. The van der Waals surface area contributed by atoms with Crippen LogP contribution in [-0.2, 0) is 0 Å². The molecule has 0 aliphatic carbocycles. The average molecular weight is 337 g/mol. The van der Waals surface area contributed by atoms with Crippen LogP contribution in [0.2, 0.25) is 10.4 Å². The molecule has 1 aromatic carbocycles. The number of halogens is 3. The van der Waals surface area contributed by atoms with Crippen molar-refractivity contribution in [3.8, 4) is 0 Å². The highest BCUT2D eigenvalue weighted by atomic mass is 79.9. The van der Waals surface area contributed by atoms with Crippen LogP contribution in [0.4, 0.5) is 0 Å². The monoisotopic (exact) mass is 335 g/mol. The first kappa shape index (κ1) is 12.1. The smallest absolute Gasteiger partial charge is 0.206 e. The van der Waals surface area contributed by atoms with Crippen LogP contribution in [-0.4, -0.2) is 15.2 Å². The topological polar surface area (TPSA) is 38.7 Å². The Morgan fingerprint density at radius 2 is 1.75 bits per heavy atom. The normalized spacial score (nSPS) is 10.4. The van der Waals surface area contributed by atoms with Crippen molar-refractivity contribution in [3.63, 3.8) is 0 Å². The molecule has 0 N–H and O–H groups in total. The van der Waals surface area contributed by atoms with Crippen molar-refractivity contribution < 1.29 is 0 Å². The number of aromatic nitrogens is 3. The van der Waals surface area contributed by atoms with Crippen molar-refractivity contribution in [1.82, 2.24) is 15.2 Å². The molecule has 82 valence electrons. The zero-order valence-electron chi connectivity index (χ0n) is 7.69. The minimum atomic E-state index is 0.0870. The number of nitrogens with zero attached hydrogens (tertiary/aromatic N) is 3. The highest BCUT2D eigenvalue weighted by Gasteiger charge is 2.07. The third kappa shape index (κ3) is 3.07. The molecule has 0 fully saturated rings. The first-order valence-corrected chi connectivity index (χ1v) is 6.51. The molecule has 16 heavy (non-hydrogen) atoms. The Hall–Kier alpha value is -0.360. The lowest BCUT2D eigenvalue weighted by Gasteiger charge is -2.02. The summed E-state index contributed by atoms with van der Waals surface area (Å²) in [6.07, 6.45) is 0. The maximum Gasteiger partial charge on any atom is 0.244 e. The van der Waals surface area contributed by atoms with Gasteiger partial charge in [0, 0.05) is 9.37 Å². The molecule has 2 aromatic rings. The second kappa shape index (κ2) is 5.31.